The molecule has 32 heavy (non-hydrogen) atoms. The van der Waals surface area contributed by atoms with E-state index in [0.717, 1.165) is 14.8 Å². The molecule has 2 amide bonds. The first-order valence-corrected chi connectivity index (χ1v) is 12.3. The number of hydrogen-bond acceptors (Lipinski definition) is 5. The number of thioether (sulfide) groups is 1. The quantitative estimate of drug-likeness (QED) is 0.305. The van der Waals surface area contributed by atoms with E-state index in [1.807, 2.05) is 44.3 Å². The zero-order chi connectivity index (χ0) is 23.3. The Hall–Kier alpha value is -2.40. The van der Waals surface area contributed by atoms with Crippen LogP contribution in [0.5, 0.6) is 0 Å². The number of hydrogen-bond donors (Lipinski definition) is 2. The van der Waals surface area contributed by atoms with Gasteiger partial charge in [-0.3, -0.25) is 9.59 Å². The lowest BCUT2D eigenvalue weighted by molar-refractivity contribution is -0.113. The Kier molecular flexibility index (Phi) is 8.30. The van der Waals surface area contributed by atoms with Gasteiger partial charge in [0.25, 0.3) is 5.91 Å². The van der Waals surface area contributed by atoms with Gasteiger partial charge >= 0.3 is 0 Å². The molecule has 3 aromatic rings. The molecule has 0 bridgehead atoms. The number of carbonyl (C=O) groups is 2. The molecule has 1 heterocycles. The number of carbonyl (C=O) groups excluding carboxylic acids is 2. The van der Waals surface area contributed by atoms with Crippen molar-refractivity contribution in [2.24, 2.45) is 7.05 Å². The molecule has 2 aromatic carbocycles. The topological polar surface area (TPSA) is 88.9 Å². The zero-order valence-corrected chi connectivity index (χ0v) is 21.4. The van der Waals surface area contributed by atoms with E-state index in [0.29, 0.717) is 22.5 Å². The summed E-state index contributed by atoms with van der Waals surface area (Å²) in [4.78, 5) is 25.0. The summed E-state index contributed by atoms with van der Waals surface area (Å²) in [6, 6.07) is 14.7. The van der Waals surface area contributed by atoms with E-state index >= 15 is 0 Å². The standard InChI is InChI=1S/C23H26IN5O2S/c1-14(2)18-12-17(24)10-11-19(18)26-20(30)13-32-23-28-27-21(29(23)4)15(3)25-22(31)16-8-6-5-7-9-16/h5-12,14-15H,13H2,1-4H3,(H,25,31)(H,26,30)/t15-/m1/s1. The highest BCUT2D eigenvalue weighted by molar-refractivity contribution is 14.1. The summed E-state index contributed by atoms with van der Waals surface area (Å²) in [6.07, 6.45) is 0. The molecular weight excluding hydrogens is 537 g/mol. The number of nitrogens with zero attached hydrogens (tertiary/aromatic N) is 3. The maximum absolute atomic E-state index is 12.6. The number of rotatable bonds is 8. The highest BCUT2D eigenvalue weighted by Gasteiger charge is 2.19. The molecule has 0 radical (unpaired) electrons. The van der Waals surface area contributed by atoms with E-state index < -0.39 is 0 Å². The summed E-state index contributed by atoms with van der Waals surface area (Å²) < 4.78 is 2.94. The lowest BCUT2D eigenvalue weighted by Gasteiger charge is -2.15. The molecule has 0 aliphatic heterocycles. The summed E-state index contributed by atoms with van der Waals surface area (Å²) in [5.41, 5.74) is 2.53. The average Bonchev–Trinajstić information content (AvgIpc) is 3.14. The largest absolute Gasteiger partial charge is 0.342 e. The molecule has 0 aliphatic rings. The van der Waals surface area contributed by atoms with Crippen molar-refractivity contribution in [3.63, 3.8) is 0 Å². The van der Waals surface area contributed by atoms with Crippen LogP contribution in [-0.4, -0.2) is 32.3 Å². The minimum atomic E-state index is -0.330. The molecule has 0 saturated heterocycles. The van der Waals surface area contributed by atoms with E-state index in [1.165, 1.54) is 11.8 Å². The highest BCUT2D eigenvalue weighted by atomic mass is 127. The van der Waals surface area contributed by atoms with E-state index in [1.54, 1.807) is 16.7 Å². The molecule has 0 saturated carbocycles. The summed E-state index contributed by atoms with van der Waals surface area (Å²) >= 11 is 3.58. The summed E-state index contributed by atoms with van der Waals surface area (Å²) in [7, 11) is 1.83. The second-order valence-corrected chi connectivity index (χ2v) is 9.87. The van der Waals surface area contributed by atoms with Crippen LogP contribution in [-0.2, 0) is 11.8 Å². The Labute approximate surface area is 205 Å². The third kappa shape index (κ3) is 6.10. The fourth-order valence-electron chi connectivity index (χ4n) is 3.20. The van der Waals surface area contributed by atoms with Crippen LogP contribution in [0.15, 0.2) is 53.7 Å². The van der Waals surface area contributed by atoms with Crippen LogP contribution >= 0.6 is 34.4 Å². The maximum atomic E-state index is 12.6. The lowest BCUT2D eigenvalue weighted by Crippen LogP contribution is -2.28. The molecule has 168 valence electrons. The lowest BCUT2D eigenvalue weighted by atomic mass is 10.0. The Morgan fingerprint density at radius 3 is 2.50 bits per heavy atom. The Balaban J connectivity index is 1.60. The van der Waals surface area contributed by atoms with Crippen LogP contribution in [0, 0.1) is 3.57 Å². The third-order valence-corrected chi connectivity index (χ3v) is 6.57. The van der Waals surface area contributed by atoms with Crippen molar-refractivity contribution >= 4 is 51.9 Å². The van der Waals surface area contributed by atoms with Crippen LogP contribution in [0.3, 0.4) is 0 Å². The number of amides is 2. The van der Waals surface area contributed by atoms with Crippen molar-refractivity contribution < 1.29 is 9.59 Å². The molecule has 0 spiro atoms. The number of anilines is 1. The van der Waals surface area contributed by atoms with Crippen molar-refractivity contribution in [2.75, 3.05) is 11.1 Å². The van der Waals surface area contributed by atoms with Gasteiger partial charge < -0.3 is 15.2 Å². The first kappa shape index (κ1) is 24.2. The van der Waals surface area contributed by atoms with Gasteiger partial charge in [0.2, 0.25) is 5.91 Å². The Morgan fingerprint density at radius 1 is 1.09 bits per heavy atom. The number of benzene rings is 2. The van der Waals surface area contributed by atoms with Crippen LogP contribution in [0.25, 0.3) is 0 Å². The second-order valence-electron chi connectivity index (χ2n) is 7.68. The summed E-state index contributed by atoms with van der Waals surface area (Å²) in [6.45, 7) is 6.07. The van der Waals surface area contributed by atoms with Crippen molar-refractivity contribution in [2.45, 2.75) is 37.9 Å². The first-order valence-electron chi connectivity index (χ1n) is 10.2. The van der Waals surface area contributed by atoms with E-state index in [4.69, 9.17) is 0 Å². The second kappa shape index (κ2) is 11.0. The van der Waals surface area contributed by atoms with Crippen molar-refractivity contribution in [3.8, 4) is 0 Å². The molecule has 3 rings (SSSR count). The van der Waals surface area contributed by atoms with E-state index in [-0.39, 0.29) is 23.6 Å². The van der Waals surface area contributed by atoms with Crippen molar-refractivity contribution in [1.82, 2.24) is 20.1 Å². The smallest absolute Gasteiger partial charge is 0.251 e. The molecule has 2 N–H and O–H groups in total. The molecule has 0 fully saturated rings. The molecule has 0 unspecified atom stereocenters. The number of nitrogens with one attached hydrogen (secondary N) is 2. The summed E-state index contributed by atoms with van der Waals surface area (Å²) in [5, 5.41) is 15.0. The molecule has 1 atom stereocenters. The van der Waals surface area contributed by atoms with Gasteiger partial charge in [-0.05, 0) is 71.3 Å². The van der Waals surface area contributed by atoms with Crippen LogP contribution in [0.1, 0.15) is 54.5 Å². The normalized spacial score (nSPS) is 11.9. The average molecular weight is 563 g/mol. The van der Waals surface area contributed by atoms with Gasteiger partial charge in [-0.2, -0.15) is 0 Å². The van der Waals surface area contributed by atoms with Gasteiger partial charge in [0, 0.05) is 21.9 Å². The van der Waals surface area contributed by atoms with Gasteiger partial charge in [0.05, 0.1) is 11.8 Å². The minimum Gasteiger partial charge on any atom is -0.342 e. The monoisotopic (exact) mass is 563 g/mol. The minimum absolute atomic E-state index is 0.104. The predicted octanol–water partition coefficient (Wildman–Crippen LogP) is 4.76. The van der Waals surface area contributed by atoms with Gasteiger partial charge in [-0.25, -0.2) is 0 Å². The van der Waals surface area contributed by atoms with E-state index in [9.17, 15) is 9.59 Å². The number of halogens is 1. The summed E-state index contributed by atoms with van der Waals surface area (Å²) in [5.74, 6) is 0.861. The van der Waals surface area contributed by atoms with Gasteiger partial charge in [0.15, 0.2) is 11.0 Å². The third-order valence-electron chi connectivity index (χ3n) is 4.88. The van der Waals surface area contributed by atoms with Gasteiger partial charge in [-0.1, -0.05) is 43.8 Å². The zero-order valence-electron chi connectivity index (χ0n) is 18.4. The first-order chi connectivity index (χ1) is 15.3. The van der Waals surface area contributed by atoms with Crippen LogP contribution in [0.2, 0.25) is 0 Å². The van der Waals surface area contributed by atoms with Crippen molar-refractivity contribution in [1.29, 1.82) is 0 Å². The SMILES string of the molecule is CC(C)c1cc(I)ccc1NC(=O)CSc1nnc([C@@H](C)NC(=O)c2ccccc2)n1C. The Bertz CT molecular complexity index is 1100. The number of aromatic nitrogens is 3. The van der Waals surface area contributed by atoms with Gasteiger partial charge in [0.1, 0.15) is 0 Å². The highest BCUT2D eigenvalue weighted by Crippen LogP contribution is 2.27. The molecule has 9 heteroatoms. The fraction of sp³-hybridized carbons (Fsp3) is 0.304. The predicted molar refractivity (Wildman–Crippen MR) is 136 cm³/mol. The van der Waals surface area contributed by atoms with Crippen LogP contribution < -0.4 is 10.6 Å². The van der Waals surface area contributed by atoms with Crippen molar-refractivity contribution in [3.05, 3.63) is 69.1 Å². The molecule has 0 aliphatic carbocycles. The molecule has 7 nitrogen and oxygen atoms in total. The van der Waals surface area contributed by atoms with Gasteiger partial charge in [-0.15, -0.1) is 10.2 Å². The maximum Gasteiger partial charge on any atom is 0.251 e. The van der Waals surface area contributed by atoms with Crippen LogP contribution in [0.4, 0.5) is 5.69 Å². The van der Waals surface area contributed by atoms with E-state index in [2.05, 4.69) is 63.3 Å². The Morgan fingerprint density at radius 2 is 1.81 bits per heavy atom. The fourth-order valence-corrected chi connectivity index (χ4v) is 4.44. The molecular formula is C23H26IN5O2S. The molecule has 1 aromatic heterocycles.